The molecule has 17 heteroatoms. The summed E-state index contributed by atoms with van der Waals surface area (Å²) in [5.41, 5.74) is -6.15. The number of urea groups is 1. The lowest BCUT2D eigenvalue weighted by molar-refractivity contribution is -0.142. The molecule has 29 heavy (non-hydrogen) atoms. The number of carbonyl (C=O) groups excluding carboxylic acids is 1. The van der Waals surface area contributed by atoms with Crippen molar-refractivity contribution in [2.24, 2.45) is 0 Å². The molecule has 2 amide bonds. The van der Waals surface area contributed by atoms with Crippen LogP contribution in [-0.4, -0.2) is 60.5 Å². The second-order valence-corrected chi connectivity index (χ2v) is 8.34. The maximum absolute atomic E-state index is 12.5. The van der Waals surface area contributed by atoms with Gasteiger partial charge in [0.2, 0.25) is 0 Å². The Balaban J connectivity index is 2.10. The lowest BCUT2D eigenvalue weighted by Gasteiger charge is -2.30. The number of halogens is 3. The van der Waals surface area contributed by atoms with E-state index < -0.39 is 62.4 Å². The highest BCUT2D eigenvalue weighted by Crippen LogP contribution is 2.45. The fraction of sp³-hybridized carbons (Fsp3) is 0.333. The van der Waals surface area contributed by atoms with E-state index >= 15 is 0 Å². The number of benzene rings is 1. The molecule has 2 bridgehead atoms. The quantitative estimate of drug-likeness (QED) is 0.358. The van der Waals surface area contributed by atoms with Gasteiger partial charge < -0.3 is 14.2 Å². The molecule has 0 saturated carbocycles. The Morgan fingerprint density at radius 1 is 1.17 bits per heavy atom. The van der Waals surface area contributed by atoms with Crippen molar-refractivity contribution in [1.82, 2.24) is 9.96 Å². The number of carboxylic acid groups (broad SMARTS) is 1. The third-order valence-corrected chi connectivity index (χ3v) is 5.34. The smallest absolute Gasteiger partial charge is 0.479 e. The number of rotatable bonds is 5. The minimum atomic E-state index is -6.05. The van der Waals surface area contributed by atoms with Crippen molar-refractivity contribution in [3.05, 3.63) is 29.3 Å². The van der Waals surface area contributed by atoms with E-state index in [-0.39, 0.29) is 16.2 Å². The number of nitrogens with zero attached hydrogens (tertiary/aromatic N) is 2. The molecule has 2 atom stereocenters. The summed E-state index contributed by atoms with van der Waals surface area (Å²) in [7, 11) is -11.3. The standard InChI is InChI=1S/C12H9F3N2O10S2/c13-12(14,15)28(21,22)26-5-1-2-6-7(3-5)8-4-16(9(6)10(18)19)11(20)17(8)27-29(23,24)25/h1-3,8-9H,4H2,(H,18,19)(H,23,24,25)/t8-,9-/m1/s1. The molecule has 12 nitrogen and oxygen atoms in total. The third-order valence-electron chi connectivity index (χ3n) is 4.01. The molecule has 0 radical (unpaired) electrons. The Labute approximate surface area is 160 Å². The largest absolute Gasteiger partial charge is 0.534 e. The summed E-state index contributed by atoms with van der Waals surface area (Å²) in [6.45, 7) is -0.478. The van der Waals surface area contributed by atoms with Crippen molar-refractivity contribution >= 4 is 32.5 Å². The van der Waals surface area contributed by atoms with Crippen LogP contribution < -0.4 is 4.18 Å². The van der Waals surface area contributed by atoms with Gasteiger partial charge in [-0.25, -0.2) is 9.59 Å². The van der Waals surface area contributed by atoms with Crippen LogP contribution in [0.1, 0.15) is 23.2 Å². The van der Waals surface area contributed by atoms with Crippen LogP contribution in [-0.2, 0) is 29.6 Å². The summed E-state index contributed by atoms with van der Waals surface area (Å²) in [6.07, 6.45) is 0. The minimum Gasteiger partial charge on any atom is -0.479 e. The van der Waals surface area contributed by atoms with Gasteiger partial charge in [0, 0.05) is 0 Å². The molecule has 0 aromatic heterocycles. The van der Waals surface area contributed by atoms with Crippen LogP contribution in [0.2, 0.25) is 0 Å². The molecule has 0 spiro atoms. The molecule has 2 aliphatic rings. The van der Waals surface area contributed by atoms with Gasteiger partial charge in [-0.2, -0.15) is 35.1 Å². The first-order chi connectivity index (χ1) is 13.1. The number of hydrogen-bond acceptors (Lipinski definition) is 8. The second-order valence-electron chi connectivity index (χ2n) is 5.79. The average Bonchev–Trinajstić information content (AvgIpc) is 2.79. The van der Waals surface area contributed by atoms with Gasteiger partial charge in [0.1, 0.15) is 11.8 Å². The molecule has 2 heterocycles. The van der Waals surface area contributed by atoms with Gasteiger partial charge in [0.25, 0.3) is 0 Å². The summed E-state index contributed by atoms with van der Waals surface area (Å²) >= 11 is 0. The van der Waals surface area contributed by atoms with E-state index in [1.165, 1.54) is 0 Å². The van der Waals surface area contributed by atoms with Crippen LogP contribution in [0.25, 0.3) is 0 Å². The van der Waals surface area contributed by atoms with Gasteiger partial charge in [-0.15, -0.1) is 4.28 Å². The van der Waals surface area contributed by atoms with Gasteiger partial charge >= 0.3 is 38.0 Å². The fourth-order valence-corrected chi connectivity index (χ4v) is 3.80. The molecule has 1 saturated heterocycles. The molecule has 3 rings (SSSR count). The summed E-state index contributed by atoms with van der Waals surface area (Å²) < 4.78 is 98.8. The third kappa shape index (κ3) is 3.68. The van der Waals surface area contributed by atoms with Crippen LogP contribution in [0.5, 0.6) is 5.75 Å². The van der Waals surface area contributed by atoms with Crippen molar-refractivity contribution in [2.75, 3.05) is 6.54 Å². The highest BCUT2D eigenvalue weighted by atomic mass is 32.3. The van der Waals surface area contributed by atoms with E-state index in [1.807, 2.05) is 0 Å². The number of carboxylic acids is 1. The molecule has 1 aromatic carbocycles. The molecule has 0 unspecified atom stereocenters. The molecular formula is C12H9F3N2O10S2. The molecule has 2 N–H and O–H groups in total. The zero-order valence-electron chi connectivity index (χ0n) is 13.6. The molecule has 1 fully saturated rings. The molecule has 0 aliphatic carbocycles. The zero-order valence-corrected chi connectivity index (χ0v) is 15.2. The molecular weight excluding hydrogens is 453 g/mol. The van der Waals surface area contributed by atoms with Gasteiger partial charge in [-0.1, -0.05) is 6.07 Å². The Hall–Kier alpha value is -2.63. The van der Waals surface area contributed by atoms with E-state index in [0.717, 1.165) is 12.1 Å². The Bertz CT molecular complexity index is 1100. The normalized spacial score (nSPS) is 21.9. The maximum atomic E-state index is 12.5. The van der Waals surface area contributed by atoms with Crippen LogP contribution >= 0.6 is 0 Å². The molecule has 2 aliphatic heterocycles. The van der Waals surface area contributed by atoms with Gasteiger partial charge in [-0.3, -0.25) is 4.55 Å². The van der Waals surface area contributed by atoms with Crippen molar-refractivity contribution in [3.8, 4) is 5.75 Å². The first kappa shape index (κ1) is 21.1. The monoisotopic (exact) mass is 462 g/mol. The van der Waals surface area contributed by atoms with E-state index in [4.69, 9.17) is 4.55 Å². The number of hydroxylamine groups is 2. The van der Waals surface area contributed by atoms with E-state index in [0.29, 0.717) is 11.0 Å². The zero-order chi connectivity index (χ0) is 21.9. The highest BCUT2D eigenvalue weighted by molar-refractivity contribution is 7.88. The number of fused-ring (bicyclic) bond motifs is 4. The first-order valence-electron chi connectivity index (χ1n) is 7.26. The summed E-state index contributed by atoms with van der Waals surface area (Å²) in [6, 6.07) is -1.98. The Kier molecular flexibility index (Phi) is 4.68. The van der Waals surface area contributed by atoms with Crippen LogP contribution in [0.15, 0.2) is 18.2 Å². The number of carbonyl (C=O) groups is 2. The topological polar surface area (TPSA) is 168 Å². The maximum Gasteiger partial charge on any atom is 0.534 e. The van der Waals surface area contributed by atoms with E-state index in [2.05, 4.69) is 8.47 Å². The predicted octanol–water partition coefficient (Wildman–Crippen LogP) is 0.567. The van der Waals surface area contributed by atoms with Crippen molar-refractivity contribution < 1.29 is 57.7 Å². The van der Waals surface area contributed by atoms with E-state index in [9.17, 15) is 44.7 Å². The molecule has 1 aromatic rings. The summed E-state index contributed by atoms with van der Waals surface area (Å²) in [5, 5.41) is 9.52. The predicted molar refractivity (Wildman–Crippen MR) is 81.7 cm³/mol. The molecule has 160 valence electrons. The number of amides is 2. The lowest BCUT2D eigenvalue weighted by Crippen LogP contribution is -2.38. The fourth-order valence-electron chi connectivity index (χ4n) is 2.97. The first-order valence-corrected chi connectivity index (χ1v) is 10.0. The summed E-state index contributed by atoms with van der Waals surface area (Å²) in [5.74, 6) is -2.44. The van der Waals surface area contributed by atoms with Crippen LogP contribution in [0, 0.1) is 0 Å². The lowest BCUT2D eigenvalue weighted by atomic mass is 9.91. The number of alkyl halides is 3. The van der Waals surface area contributed by atoms with Crippen LogP contribution in [0.3, 0.4) is 0 Å². The second kappa shape index (κ2) is 6.44. The van der Waals surface area contributed by atoms with Crippen molar-refractivity contribution in [2.45, 2.75) is 17.6 Å². The number of hydrogen-bond donors (Lipinski definition) is 2. The average molecular weight is 462 g/mol. The van der Waals surface area contributed by atoms with Crippen molar-refractivity contribution in [3.63, 3.8) is 0 Å². The van der Waals surface area contributed by atoms with Gasteiger partial charge in [0.15, 0.2) is 6.04 Å². The van der Waals surface area contributed by atoms with Gasteiger partial charge in [-0.05, 0) is 23.3 Å². The highest BCUT2D eigenvalue weighted by Gasteiger charge is 2.53. The Morgan fingerprint density at radius 3 is 2.31 bits per heavy atom. The summed E-state index contributed by atoms with van der Waals surface area (Å²) in [4.78, 5) is 24.6. The minimum absolute atomic E-state index is 0.110. The van der Waals surface area contributed by atoms with Gasteiger partial charge in [0.05, 0.1) is 6.54 Å². The van der Waals surface area contributed by atoms with Crippen LogP contribution in [0.4, 0.5) is 18.0 Å². The van der Waals surface area contributed by atoms with E-state index in [1.54, 1.807) is 0 Å². The Morgan fingerprint density at radius 2 is 1.79 bits per heavy atom. The SMILES string of the molecule is O=C(O)[C@H]1c2ccc(OS(=O)(=O)C(F)(F)F)cc2[C@H]2CN1C(=O)N2OS(=O)(=O)O. The van der Waals surface area contributed by atoms with Crippen molar-refractivity contribution in [1.29, 1.82) is 0 Å². The number of aliphatic carboxylic acids is 1.